The SMILES string of the molecule is N#Cc1c[nH]n2c(=O)cc(CSc3nnc(-c4ccc(Cl)cc4)n3-c3ccccc3)nc12. The van der Waals surface area contributed by atoms with Crippen LogP contribution in [0.3, 0.4) is 0 Å². The molecule has 0 fully saturated rings. The van der Waals surface area contributed by atoms with Crippen molar-refractivity contribution < 1.29 is 0 Å². The van der Waals surface area contributed by atoms with E-state index in [1.54, 1.807) is 0 Å². The van der Waals surface area contributed by atoms with Crippen LogP contribution in [0.25, 0.3) is 22.7 Å². The van der Waals surface area contributed by atoms with E-state index in [9.17, 15) is 10.1 Å². The molecule has 32 heavy (non-hydrogen) atoms. The first-order valence-electron chi connectivity index (χ1n) is 9.54. The molecular formula is C22H14ClN7OS. The Balaban J connectivity index is 1.53. The first kappa shape index (κ1) is 20.1. The van der Waals surface area contributed by atoms with Crippen LogP contribution in [0.5, 0.6) is 0 Å². The lowest BCUT2D eigenvalue weighted by molar-refractivity contribution is 0.878. The first-order chi connectivity index (χ1) is 15.6. The number of thioether (sulfide) groups is 1. The zero-order valence-electron chi connectivity index (χ0n) is 16.4. The monoisotopic (exact) mass is 459 g/mol. The quantitative estimate of drug-likeness (QED) is 0.397. The maximum atomic E-state index is 12.4. The smallest absolute Gasteiger partial charge is 0.272 e. The molecule has 10 heteroatoms. The summed E-state index contributed by atoms with van der Waals surface area (Å²) >= 11 is 7.45. The van der Waals surface area contributed by atoms with Gasteiger partial charge in [0.15, 0.2) is 16.6 Å². The number of rotatable bonds is 5. The number of benzene rings is 2. The molecular weight excluding hydrogens is 446 g/mol. The highest BCUT2D eigenvalue weighted by atomic mass is 35.5. The van der Waals surface area contributed by atoms with Crippen LogP contribution >= 0.6 is 23.4 Å². The highest BCUT2D eigenvalue weighted by Crippen LogP contribution is 2.30. The van der Waals surface area contributed by atoms with Crippen molar-refractivity contribution in [1.82, 2.24) is 29.4 Å². The van der Waals surface area contributed by atoms with Crippen LogP contribution in [0.15, 0.2) is 76.8 Å². The van der Waals surface area contributed by atoms with E-state index in [0.717, 1.165) is 11.3 Å². The number of nitriles is 1. The summed E-state index contributed by atoms with van der Waals surface area (Å²) < 4.78 is 3.20. The molecule has 0 aliphatic heterocycles. The molecule has 3 heterocycles. The largest absolute Gasteiger partial charge is 0.295 e. The molecule has 0 aliphatic carbocycles. The number of aromatic amines is 1. The van der Waals surface area contributed by atoms with Gasteiger partial charge in [-0.25, -0.2) is 9.50 Å². The van der Waals surface area contributed by atoms with E-state index in [0.29, 0.717) is 38.7 Å². The summed E-state index contributed by atoms with van der Waals surface area (Å²) in [6.07, 6.45) is 1.46. The number of nitrogens with zero attached hydrogens (tertiary/aromatic N) is 6. The van der Waals surface area contributed by atoms with E-state index in [-0.39, 0.29) is 5.56 Å². The van der Waals surface area contributed by atoms with E-state index in [2.05, 4.69) is 20.3 Å². The minimum Gasteiger partial charge on any atom is -0.295 e. The molecule has 3 aromatic heterocycles. The van der Waals surface area contributed by atoms with Gasteiger partial charge in [-0.15, -0.1) is 10.2 Å². The Morgan fingerprint density at radius 3 is 2.62 bits per heavy atom. The summed E-state index contributed by atoms with van der Waals surface area (Å²) in [6.45, 7) is 0. The lowest BCUT2D eigenvalue weighted by Crippen LogP contribution is -2.15. The van der Waals surface area contributed by atoms with Gasteiger partial charge in [0, 0.05) is 34.3 Å². The molecule has 0 spiro atoms. The molecule has 0 unspecified atom stereocenters. The Hall–Kier alpha value is -3.87. The molecule has 0 amide bonds. The molecule has 5 rings (SSSR count). The van der Waals surface area contributed by atoms with Crippen molar-refractivity contribution in [2.24, 2.45) is 0 Å². The zero-order chi connectivity index (χ0) is 22.1. The van der Waals surface area contributed by atoms with Gasteiger partial charge < -0.3 is 0 Å². The van der Waals surface area contributed by atoms with E-state index in [1.807, 2.05) is 65.2 Å². The van der Waals surface area contributed by atoms with Crippen LogP contribution in [0, 0.1) is 11.3 Å². The van der Waals surface area contributed by atoms with E-state index >= 15 is 0 Å². The lowest BCUT2D eigenvalue weighted by atomic mass is 10.2. The molecule has 0 saturated carbocycles. The van der Waals surface area contributed by atoms with Gasteiger partial charge in [-0.3, -0.25) is 14.5 Å². The summed E-state index contributed by atoms with van der Waals surface area (Å²) in [5, 5.41) is 22.1. The van der Waals surface area contributed by atoms with Crippen molar-refractivity contribution in [3.63, 3.8) is 0 Å². The number of nitrogens with one attached hydrogen (secondary N) is 1. The number of para-hydroxylation sites is 1. The fourth-order valence-corrected chi connectivity index (χ4v) is 4.25. The Morgan fingerprint density at radius 2 is 1.88 bits per heavy atom. The highest BCUT2D eigenvalue weighted by Gasteiger charge is 2.17. The number of H-pyrrole nitrogens is 1. The third-order valence-corrected chi connectivity index (χ3v) is 5.98. The van der Waals surface area contributed by atoms with Crippen LogP contribution in [-0.4, -0.2) is 29.4 Å². The van der Waals surface area contributed by atoms with E-state index < -0.39 is 0 Å². The fourth-order valence-electron chi connectivity index (χ4n) is 3.28. The molecule has 156 valence electrons. The number of aromatic nitrogens is 6. The molecule has 1 N–H and O–H groups in total. The molecule has 0 saturated heterocycles. The molecule has 0 bridgehead atoms. The maximum absolute atomic E-state index is 12.4. The van der Waals surface area contributed by atoms with Crippen LogP contribution in [0.4, 0.5) is 0 Å². The molecule has 2 aromatic carbocycles. The normalized spacial score (nSPS) is 11.0. The predicted octanol–water partition coefficient (Wildman–Crippen LogP) is 4.09. The fraction of sp³-hybridized carbons (Fsp3) is 0.0455. The minimum atomic E-state index is -0.279. The molecule has 0 atom stereocenters. The summed E-state index contributed by atoms with van der Waals surface area (Å²) in [6, 6.07) is 20.7. The van der Waals surface area contributed by atoms with Crippen LogP contribution in [0.1, 0.15) is 11.3 Å². The second-order valence-electron chi connectivity index (χ2n) is 6.82. The number of fused-ring (bicyclic) bond motifs is 1. The van der Waals surface area contributed by atoms with Gasteiger partial charge >= 0.3 is 0 Å². The Labute approximate surface area is 191 Å². The average molecular weight is 460 g/mol. The van der Waals surface area contributed by atoms with Crippen LogP contribution in [-0.2, 0) is 5.75 Å². The first-order valence-corrected chi connectivity index (χ1v) is 10.9. The van der Waals surface area contributed by atoms with Gasteiger partial charge in [0.25, 0.3) is 5.56 Å². The second-order valence-corrected chi connectivity index (χ2v) is 8.20. The average Bonchev–Trinajstić information content (AvgIpc) is 3.43. The third kappa shape index (κ3) is 3.66. The van der Waals surface area contributed by atoms with E-state index in [1.165, 1.54) is 28.5 Å². The number of halogens is 1. The van der Waals surface area contributed by atoms with Gasteiger partial charge in [0.05, 0.1) is 5.69 Å². The molecule has 8 nitrogen and oxygen atoms in total. The van der Waals surface area contributed by atoms with Gasteiger partial charge in [-0.05, 0) is 36.4 Å². The van der Waals surface area contributed by atoms with Gasteiger partial charge in [-0.2, -0.15) is 5.26 Å². The van der Waals surface area contributed by atoms with Crippen molar-refractivity contribution in [1.29, 1.82) is 5.26 Å². The van der Waals surface area contributed by atoms with Gasteiger partial charge in [0.2, 0.25) is 0 Å². The standard InChI is InChI=1S/C22H14ClN7OS/c23-16-8-6-14(7-9-16)21-27-28-22(29(21)18-4-2-1-3-5-18)32-13-17-10-19(31)30-20(26-17)15(11-24)12-25-30/h1-10,12,25H,13H2. The summed E-state index contributed by atoms with van der Waals surface area (Å²) in [5.41, 5.74) is 2.67. The molecule has 5 aromatic rings. The summed E-state index contributed by atoms with van der Waals surface area (Å²) in [4.78, 5) is 16.8. The lowest BCUT2D eigenvalue weighted by Gasteiger charge is -2.10. The Kier molecular flexibility index (Phi) is 5.23. The van der Waals surface area contributed by atoms with Gasteiger partial charge in [-0.1, -0.05) is 41.6 Å². The minimum absolute atomic E-state index is 0.279. The van der Waals surface area contributed by atoms with Crippen LogP contribution in [0.2, 0.25) is 5.02 Å². The van der Waals surface area contributed by atoms with Crippen LogP contribution < -0.4 is 5.56 Å². The highest BCUT2D eigenvalue weighted by molar-refractivity contribution is 7.98. The number of hydrogen-bond donors (Lipinski definition) is 1. The Bertz CT molecular complexity index is 1510. The van der Waals surface area contributed by atoms with Crippen molar-refractivity contribution in [2.75, 3.05) is 0 Å². The van der Waals surface area contributed by atoms with Crippen molar-refractivity contribution in [2.45, 2.75) is 10.9 Å². The molecule has 0 radical (unpaired) electrons. The number of hydrogen-bond acceptors (Lipinski definition) is 6. The molecule has 0 aliphatic rings. The maximum Gasteiger partial charge on any atom is 0.272 e. The van der Waals surface area contributed by atoms with Gasteiger partial charge in [0.1, 0.15) is 11.6 Å². The third-order valence-electron chi connectivity index (χ3n) is 4.77. The Morgan fingerprint density at radius 1 is 1.09 bits per heavy atom. The van der Waals surface area contributed by atoms with Crippen molar-refractivity contribution in [3.8, 4) is 23.1 Å². The van der Waals surface area contributed by atoms with Crippen molar-refractivity contribution in [3.05, 3.63) is 93.5 Å². The second kappa shape index (κ2) is 8.34. The van der Waals surface area contributed by atoms with Crippen molar-refractivity contribution >= 4 is 29.0 Å². The summed E-state index contributed by atoms with van der Waals surface area (Å²) in [7, 11) is 0. The predicted molar refractivity (Wildman–Crippen MR) is 122 cm³/mol. The summed E-state index contributed by atoms with van der Waals surface area (Å²) in [5.74, 6) is 1.06. The van der Waals surface area contributed by atoms with E-state index in [4.69, 9.17) is 11.6 Å². The zero-order valence-corrected chi connectivity index (χ0v) is 18.0. The topological polar surface area (TPSA) is 105 Å².